The predicted molar refractivity (Wildman–Crippen MR) is 193 cm³/mol. The number of nitrogens with zero attached hydrogens (tertiary/aromatic N) is 1. The summed E-state index contributed by atoms with van der Waals surface area (Å²) in [5.74, 6) is -2.33. The van der Waals surface area contributed by atoms with E-state index in [9.17, 15) is 27.6 Å². The zero-order valence-corrected chi connectivity index (χ0v) is 31.1. The van der Waals surface area contributed by atoms with E-state index in [1.165, 1.54) is 44.6 Å². The molecule has 0 spiro atoms. The second-order valence-corrected chi connectivity index (χ2v) is 15.3. The Morgan fingerprint density at radius 3 is 2.06 bits per heavy atom. The van der Waals surface area contributed by atoms with Gasteiger partial charge in [-0.3, -0.25) is 19.2 Å². The summed E-state index contributed by atoms with van der Waals surface area (Å²) in [5.41, 5.74) is 1.29. The summed E-state index contributed by atoms with van der Waals surface area (Å²) in [4.78, 5) is 49.5. The first-order chi connectivity index (χ1) is 24.1. The van der Waals surface area contributed by atoms with E-state index in [0.29, 0.717) is 75.2 Å². The minimum absolute atomic E-state index is 0.131. The molecule has 0 atom stereocenters. The van der Waals surface area contributed by atoms with Crippen LogP contribution in [-0.2, 0) is 43.4 Å². The van der Waals surface area contributed by atoms with Crippen molar-refractivity contribution in [3.63, 3.8) is 0 Å². The number of ether oxygens (including phenoxy) is 3. The molecule has 3 rings (SSSR count). The number of hydrogen-bond acceptors (Lipinski definition) is 9. The number of rotatable bonds is 20. The largest absolute Gasteiger partial charge is 0.469 e. The highest BCUT2D eigenvalue weighted by Gasteiger charge is 2.40. The molecule has 1 amide bonds. The fourth-order valence-electron chi connectivity index (χ4n) is 7.07. The molecule has 0 heterocycles. The van der Waals surface area contributed by atoms with Gasteiger partial charge >= 0.3 is 17.9 Å². The van der Waals surface area contributed by atoms with Crippen LogP contribution in [0.2, 0.25) is 0 Å². The van der Waals surface area contributed by atoms with Crippen LogP contribution < -0.4 is 5.32 Å². The van der Waals surface area contributed by atoms with Gasteiger partial charge in [0.05, 0.1) is 20.3 Å². The van der Waals surface area contributed by atoms with Crippen LogP contribution in [0.1, 0.15) is 116 Å². The van der Waals surface area contributed by atoms with Gasteiger partial charge in [-0.05, 0) is 101 Å². The number of sulfonamides is 1. The zero-order valence-electron chi connectivity index (χ0n) is 30.2. The van der Waals surface area contributed by atoms with Crippen molar-refractivity contribution >= 4 is 45.6 Å². The van der Waals surface area contributed by atoms with Gasteiger partial charge in [-0.2, -0.15) is 4.31 Å². The van der Waals surface area contributed by atoms with E-state index in [0.717, 1.165) is 19.3 Å². The van der Waals surface area contributed by atoms with Gasteiger partial charge in [0.1, 0.15) is 0 Å². The van der Waals surface area contributed by atoms with Gasteiger partial charge in [-0.25, -0.2) is 8.42 Å². The highest BCUT2D eigenvalue weighted by Crippen LogP contribution is 2.35. The van der Waals surface area contributed by atoms with Gasteiger partial charge in [0.2, 0.25) is 15.9 Å². The summed E-state index contributed by atoms with van der Waals surface area (Å²) < 4.78 is 43.4. The van der Waals surface area contributed by atoms with Crippen LogP contribution in [0.5, 0.6) is 0 Å². The Balaban J connectivity index is 1.54. The number of carbonyl (C=O) groups excluding carboxylic acids is 4. The van der Waals surface area contributed by atoms with Crippen molar-refractivity contribution in [3.05, 3.63) is 35.2 Å². The molecule has 11 nitrogen and oxygen atoms in total. The van der Waals surface area contributed by atoms with Crippen LogP contribution in [0.25, 0.3) is 6.08 Å². The fourth-order valence-corrected chi connectivity index (χ4v) is 8.34. The normalized spacial score (nSPS) is 18.7. The molecule has 50 heavy (non-hydrogen) atoms. The number of benzene rings is 1. The number of anilines is 1. The quantitative estimate of drug-likeness (QED) is 0.0661. The second-order valence-electron chi connectivity index (χ2n) is 13.5. The number of nitrogens with one attached hydrogen (secondary N) is 1. The Morgan fingerprint density at radius 1 is 0.840 bits per heavy atom. The minimum atomic E-state index is -3.67. The molecule has 2 aliphatic rings. The van der Waals surface area contributed by atoms with E-state index in [1.54, 1.807) is 48.5 Å². The monoisotopic (exact) mass is 718 g/mol. The number of carbonyl (C=O) groups is 4. The topological polar surface area (TPSA) is 145 Å². The molecule has 0 bridgehead atoms. The molecular formula is C38H58N2O9S. The SMILES string of the molecule is CCOC(=O)C(C(=O)OCC)C1CCC(C(=O)Nc2ccc(/C=C/S(=O)(=O)N(CCCCCC(=O)OC)CCCC3CCCCC3)cc2)CC1. The first kappa shape index (κ1) is 41.2. The van der Waals surface area contributed by atoms with Gasteiger partial charge in [-0.15, -0.1) is 0 Å². The molecule has 280 valence electrons. The van der Waals surface area contributed by atoms with Gasteiger partial charge in [-0.1, -0.05) is 50.7 Å². The van der Waals surface area contributed by atoms with E-state index in [2.05, 4.69) is 5.32 Å². The molecule has 0 saturated heterocycles. The summed E-state index contributed by atoms with van der Waals surface area (Å²) >= 11 is 0. The fraction of sp³-hybridized carbons (Fsp3) is 0.684. The van der Waals surface area contributed by atoms with Crippen molar-refractivity contribution in [1.82, 2.24) is 4.31 Å². The molecule has 0 aliphatic heterocycles. The van der Waals surface area contributed by atoms with E-state index >= 15 is 0 Å². The third-order valence-corrected chi connectivity index (χ3v) is 11.5. The molecule has 12 heteroatoms. The highest BCUT2D eigenvalue weighted by molar-refractivity contribution is 7.92. The first-order valence-corrected chi connectivity index (χ1v) is 20.1. The lowest BCUT2D eigenvalue weighted by Gasteiger charge is -2.31. The number of unbranched alkanes of at least 4 members (excludes halogenated alkanes) is 2. The molecule has 0 unspecified atom stereocenters. The van der Waals surface area contributed by atoms with Gasteiger partial charge in [0, 0.05) is 36.5 Å². The van der Waals surface area contributed by atoms with Crippen molar-refractivity contribution in [2.45, 2.75) is 110 Å². The Labute approximate surface area is 298 Å². The summed E-state index contributed by atoms with van der Waals surface area (Å²) in [6.07, 6.45) is 14.2. The smallest absolute Gasteiger partial charge is 0.320 e. The molecule has 1 aromatic rings. The Hall–Kier alpha value is -3.25. The Kier molecular flexibility index (Phi) is 18.0. The number of hydrogen-bond donors (Lipinski definition) is 1. The maximum Gasteiger partial charge on any atom is 0.320 e. The van der Waals surface area contributed by atoms with Crippen molar-refractivity contribution in [3.8, 4) is 0 Å². The van der Waals surface area contributed by atoms with Gasteiger partial charge in [0.25, 0.3) is 0 Å². The van der Waals surface area contributed by atoms with Crippen LogP contribution in [0.3, 0.4) is 0 Å². The van der Waals surface area contributed by atoms with Crippen molar-refractivity contribution in [1.29, 1.82) is 0 Å². The van der Waals surface area contributed by atoms with E-state index in [4.69, 9.17) is 14.2 Å². The number of amides is 1. The minimum Gasteiger partial charge on any atom is -0.469 e. The van der Waals surface area contributed by atoms with Crippen molar-refractivity contribution < 1.29 is 41.8 Å². The van der Waals surface area contributed by atoms with E-state index in [-0.39, 0.29) is 36.9 Å². The van der Waals surface area contributed by atoms with E-state index < -0.39 is 27.9 Å². The lowest BCUT2D eigenvalue weighted by atomic mass is 9.75. The van der Waals surface area contributed by atoms with Crippen LogP contribution in [0, 0.1) is 23.7 Å². The summed E-state index contributed by atoms with van der Waals surface area (Å²) in [6.45, 7) is 4.62. The Morgan fingerprint density at radius 2 is 1.46 bits per heavy atom. The van der Waals surface area contributed by atoms with Crippen LogP contribution in [-0.4, -0.2) is 70.0 Å². The summed E-state index contributed by atoms with van der Waals surface area (Å²) in [5, 5.41) is 4.21. The van der Waals surface area contributed by atoms with Crippen LogP contribution in [0.4, 0.5) is 5.69 Å². The second kappa shape index (κ2) is 21.9. The molecule has 2 fully saturated rings. The number of esters is 3. The summed E-state index contributed by atoms with van der Waals surface area (Å²) in [7, 11) is -2.30. The average molecular weight is 719 g/mol. The van der Waals surface area contributed by atoms with Crippen molar-refractivity contribution in [2.24, 2.45) is 23.7 Å². The lowest BCUT2D eigenvalue weighted by Crippen LogP contribution is -2.38. The molecule has 0 radical (unpaired) electrons. The molecule has 2 saturated carbocycles. The van der Waals surface area contributed by atoms with E-state index in [1.807, 2.05) is 0 Å². The maximum atomic E-state index is 13.5. The molecule has 2 aliphatic carbocycles. The summed E-state index contributed by atoms with van der Waals surface area (Å²) in [6, 6.07) is 7.03. The number of methoxy groups -OCH3 is 1. The highest BCUT2D eigenvalue weighted by atomic mass is 32.2. The maximum absolute atomic E-state index is 13.5. The third-order valence-electron chi connectivity index (χ3n) is 9.93. The van der Waals surface area contributed by atoms with Crippen molar-refractivity contribution in [2.75, 3.05) is 38.7 Å². The molecule has 0 aromatic heterocycles. The zero-order chi connectivity index (χ0) is 36.4. The third kappa shape index (κ3) is 13.8. The Bertz CT molecular complexity index is 1330. The molecular weight excluding hydrogens is 660 g/mol. The lowest BCUT2D eigenvalue weighted by molar-refractivity contribution is -0.165. The molecule has 1 aromatic carbocycles. The average Bonchev–Trinajstić information content (AvgIpc) is 3.11. The standard InChI is InChI=1S/C38H58N2O9S/c1-4-48-37(43)35(38(44)49-5-2)31-19-21-32(22-20-31)36(42)39-33-23-17-30(18-24-33)25-28-50(45,46)40(26-11-7-10-16-34(41)47-3)27-12-15-29-13-8-6-9-14-29/h17-18,23-25,28-29,31-32,35H,4-16,19-22,26-27H2,1-3H3,(H,39,42)/b28-25+. The molecule has 1 N–H and O–H groups in total. The van der Waals surface area contributed by atoms with Crippen LogP contribution >= 0.6 is 0 Å². The van der Waals surface area contributed by atoms with Gasteiger partial charge < -0.3 is 19.5 Å². The first-order valence-electron chi connectivity index (χ1n) is 18.6. The van der Waals surface area contributed by atoms with Gasteiger partial charge in [0.15, 0.2) is 5.92 Å². The van der Waals surface area contributed by atoms with Crippen LogP contribution in [0.15, 0.2) is 29.7 Å². The predicted octanol–water partition coefficient (Wildman–Crippen LogP) is 6.87.